The topological polar surface area (TPSA) is 64.9 Å². The number of nitrogens with zero attached hydrogens (tertiary/aromatic N) is 2. The van der Waals surface area contributed by atoms with Gasteiger partial charge >= 0.3 is 0 Å². The quantitative estimate of drug-likeness (QED) is 0.777. The molecule has 0 saturated carbocycles. The summed E-state index contributed by atoms with van der Waals surface area (Å²) < 4.78 is 5.45. The Morgan fingerprint density at radius 3 is 3.00 bits per heavy atom. The number of anilines is 1. The molecule has 0 amide bonds. The fraction of sp³-hybridized carbons (Fsp3) is 0.286. The molecule has 0 radical (unpaired) electrons. The average Bonchev–Trinajstić information content (AvgIpc) is 3.16. The van der Waals surface area contributed by atoms with Crippen molar-refractivity contribution < 1.29 is 4.52 Å². The van der Waals surface area contributed by atoms with E-state index in [4.69, 9.17) is 10.3 Å². The Morgan fingerprint density at radius 2 is 2.15 bits per heavy atom. The predicted octanol–water partition coefficient (Wildman–Crippen LogP) is 3.99. The minimum atomic E-state index is 0.558. The van der Waals surface area contributed by atoms with Crippen LogP contribution in [0.15, 0.2) is 21.3 Å². The Balaban J connectivity index is 1.80. The van der Waals surface area contributed by atoms with Crippen molar-refractivity contribution in [2.45, 2.75) is 25.7 Å². The first-order valence-corrected chi connectivity index (χ1v) is 8.35. The van der Waals surface area contributed by atoms with Crippen LogP contribution >= 0.6 is 22.7 Å². The molecule has 4 rings (SSSR count). The molecule has 0 unspecified atom stereocenters. The van der Waals surface area contributed by atoms with E-state index in [0.717, 1.165) is 29.0 Å². The van der Waals surface area contributed by atoms with Crippen molar-refractivity contribution in [2.75, 3.05) is 5.73 Å². The van der Waals surface area contributed by atoms with Gasteiger partial charge in [-0.3, -0.25) is 0 Å². The van der Waals surface area contributed by atoms with E-state index in [0.29, 0.717) is 11.7 Å². The van der Waals surface area contributed by atoms with Crippen molar-refractivity contribution in [3.8, 4) is 22.8 Å². The van der Waals surface area contributed by atoms with E-state index >= 15 is 0 Å². The van der Waals surface area contributed by atoms with E-state index in [1.54, 1.807) is 22.7 Å². The summed E-state index contributed by atoms with van der Waals surface area (Å²) in [5, 5.41) is 8.90. The average molecular weight is 303 g/mol. The molecule has 0 spiro atoms. The number of hydrogen-bond acceptors (Lipinski definition) is 6. The summed E-state index contributed by atoms with van der Waals surface area (Å²) in [6.07, 6.45) is 4.64. The van der Waals surface area contributed by atoms with E-state index in [-0.39, 0.29) is 0 Å². The normalized spacial score (nSPS) is 14.4. The molecule has 3 aromatic rings. The van der Waals surface area contributed by atoms with Gasteiger partial charge in [-0.1, -0.05) is 5.16 Å². The predicted molar refractivity (Wildman–Crippen MR) is 82.0 cm³/mol. The second-order valence-electron chi connectivity index (χ2n) is 4.89. The maximum absolute atomic E-state index is 6.17. The molecule has 0 bridgehead atoms. The van der Waals surface area contributed by atoms with Gasteiger partial charge in [-0.05, 0) is 42.7 Å². The van der Waals surface area contributed by atoms with Gasteiger partial charge in [0.1, 0.15) is 0 Å². The Hall–Kier alpha value is -1.66. The molecule has 6 heteroatoms. The maximum Gasteiger partial charge on any atom is 0.261 e. The lowest BCUT2D eigenvalue weighted by Crippen LogP contribution is -1.99. The van der Waals surface area contributed by atoms with E-state index in [1.165, 1.54) is 23.3 Å². The summed E-state index contributed by atoms with van der Waals surface area (Å²) in [6, 6.07) is 1.99. The van der Waals surface area contributed by atoms with Gasteiger partial charge < -0.3 is 10.3 Å². The highest BCUT2D eigenvalue weighted by molar-refractivity contribution is 7.16. The van der Waals surface area contributed by atoms with E-state index < -0.39 is 0 Å². The van der Waals surface area contributed by atoms with Gasteiger partial charge in [0.05, 0.1) is 10.6 Å². The van der Waals surface area contributed by atoms with E-state index in [2.05, 4.69) is 10.1 Å². The Labute approximate surface area is 124 Å². The third kappa shape index (κ3) is 1.87. The summed E-state index contributed by atoms with van der Waals surface area (Å²) in [5.41, 5.74) is 9.46. The van der Waals surface area contributed by atoms with Crippen molar-refractivity contribution >= 4 is 27.7 Å². The molecule has 0 saturated heterocycles. The number of hydrogen-bond donors (Lipinski definition) is 1. The molecule has 4 nitrogen and oxygen atoms in total. The number of nitrogen functional groups attached to an aromatic ring is 1. The van der Waals surface area contributed by atoms with Crippen LogP contribution in [0.25, 0.3) is 22.8 Å². The molecular formula is C14H13N3OS2. The lowest BCUT2D eigenvalue weighted by atomic mass is 9.95. The second-order valence-corrected chi connectivity index (χ2v) is 6.80. The molecule has 3 aromatic heterocycles. The van der Waals surface area contributed by atoms with Crippen LogP contribution in [0.5, 0.6) is 0 Å². The number of rotatable bonds is 2. The van der Waals surface area contributed by atoms with Crippen molar-refractivity contribution in [2.24, 2.45) is 0 Å². The van der Waals surface area contributed by atoms with E-state index in [1.807, 2.05) is 16.8 Å². The van der Waals surface area contributed by atoms with Crippen LogP contribution in [0.2, 0.25) is 0 Å². The molecule has 102 valence electrons. The number of nitrogens with two attached hydrogens (primary N) is 1. The standard InChI is InChI=1S/C14H13N3OS2/c15-12-11(9-3-1-2-4-10(9)20-12)14-16-13(17-18-14)8-5-6-19-7-8/h5-7H,1-4,15H2. The van der Waals surface area contributed by atoms with Gasteiger partial charge in [0.2, 0.25) is 5.82 Å². The number of aromatic nitrogens is 2. The van der Waals surface area contributed by atoms with Crippen LogP contribution in [0.4, 0.5) is 5.00 Å². The van der Waals surface area contributed by atoms with Gasteiger partial charge in [0.25, 0.3) is 5.89 Å². The van der Waals surface area contributed by atoms with Crippen molar-refractivity contribution in [3.05, 3.63) is 27.3 Å². The van der Waals surface area contributed by atoms with Crippen LogP contribution in [0.1, 0.15) is 23.3 Å². The third-order valence-electron chi connectivity index (χ3n) is 3.62. The summed E-state index contributed by atoms with van der Waals surface area (Å²) in [4.78, 5) is 5.91. The number of aryl methyl sites for hydroxylation is 1. The van der Waals surface area contributed by atoms with Crippen LogP contribution in [0, 0.1) is 0 Å². The molecule has 2 N–H and O–H groups in total. The zero-order valence-electron chi connectivity index (χ0n) is 10.8. The van der Waals surface area contributed by atoms with Gasteiger partial charge in [-0.2, -0.15) is 16.3 Å². The smallest absolute Gasteiger partial charge is 0.261 e. The first kappa shape index (κ1) is 12.1. The molecule has 0 atom stereocenters. The largest absolute Gasteiger partial charge is 0.390 e. The summed E-state index contributed by atoms with van der Waals surface area (Å²) in [5.74, 6) is 1.19. The molecule has 1 aliphatic carbocycles. The van der Waals surface area contributed by atoms with Crippen LogP contribution in [0.3, 0.4) is 0 Å². The SMILES string of the molecule is Nc1sc2c(c1-c1nc(-c3ccsc3)no1)CCCC2. The number of thiophene rings is 2. The monoisotopic (exact) mass is 303 g/mol. The molecule has 0 fully saturated rings. The molecule has 3 heterocycles. The molecule has 1 aliphatic rings. The number of fused-ring (bicyclic) bond motifs is 1. The second kappa shape index (κ2) is 4.71. The van der Waals surface area contributed by atoms with Crippen molar-refractivity contribution in [3.63, 3.8) is 0 Å². The summed E-state index contributed by atoms with van der Waals surface area (Å²) >= 11 is 3.29. The Bertz CT molecular complexity index is 743. The van der Waals surface area contributed by atoms with Gasteiger partial charge in [0.15, 0.2) is 0 Å². The lowest BCUT2D eigenvalue weighted by Gasteiger charge is -2.10. The minimum absolute atomic E-state index is 0.558. The third-order valence-corrected chi connectivity index (χ3v) is 5.42. The fourth-order valence-electron chi connectivity index (χ4n) is 2.66. The van der Waals surface area contributed by atoms with Crippen molar-refractivity contribution in [1.82, 2.24) is 10.1 Å². The van der Waals surface area contributed by atoms with Crippen LogP contribution in [-0.4, -0.2) is 10.1 Å². The Kier molecular flexibility index (Phi) is 2.85. The highest BCUT2D eigenvalue weighted by atomic mass is 32.1. The molecule has 20 heavy (non-hydrogen) atoms. The first-order valence-electron chi connectivity index (χ1n) is 6.59. The van der Waals surface area contributed by atoms with E-state index in [9.17, 15) is 0 Å². The minimum Gasteiger partial charge on any atom is -0.390 e. The molecular weight excluding hydrogens is 290 g/mol. The fourth-order valence-corrected chi connectivity index (χ4v) is 4.44. The van der Waals surface area contributed by atoms with Gasteiger partial charge in [-0.25, -0.2) is 0 Å². The zero-order valence-corrected chi connectivity index (χ0v) is 12.4. The van der Waals surface area contributed by atoms with Crippen LogP contribution < -0.4 is 5.73 Å². The van der Waals surface area contributed by atoms with Gasteiger partial charge in [0, 0.05) is 15.8 Å². The Morgan fingerprint density at radius 1 is 1.25 bits per heavy atom. The van der Waals surface area contributed by atoms with Gasteiger partial charge in [-0.15, -0.1) is 11.3 Å². The first-order chi connectivity index (χ1) is 9.83. The lowest BCUT2D eigenvalue weighted by molar-refractivity contribution is 0.432. The highest BCUT2D eigenvalue weighted by Crippen LogP contribution is 2.42. The highest BCUT2D eigenvalue weighted by Gasteiger charge is 2.24. The maximum atomic E-state index is 6.17. The molecule has 0 aliphatic heterocycles. The van der Waals surface area contributed by atoms with Crippen molar-refractivity contribution in [1.29, 1.82) is 0 Å². The molecule has 0 aromatic carbocycles. The summed E-state index contributed by atoms with van der Waals surface area (Å²) in [6.45, 7) is 0. The zero-order chi connectivity index (χ0) is 13.5. The summed E-state index contributed by atoms with van der Waals surface area (Å²) in [7, 11) is 0. The van der Waals surface area contributed by atoms with Crippen LogP contribution in [-0.2, 0) is 12.8 Å².